The summed E-state index contributed by atoms with van der Waals surface area (Å²) in [5, 5.41) is 22.3. The van der Waals surface area contributed by atoms with E-state index in [-0.39, 0.29) is 74.3 Å². The second-order valence-electron chi connectivity index (χ2n) is 19.1. The van der Waals surface area contributed by atoms with Gasteiger partial charge in [0.15, 0.2) is 11.6 Å². The van der Waals surface area contributed by atoms with Crippen LogP contribution in [0.15, 0.2) is 60.7 Å². The van der Waals surface area contributed by atoms with Crippen LogP contribution in [0.4, 0.5) is 20.7 Å². The van der Waals surface area contributed by atoms with Gasteiger partial charge >= 0.3 is 37.7 Å². The van der Waals surface area contributed by atoms with Crippen molar-refractivity contribution in [3.8, 4) is 22.5 Å². The van der Waals surface area contributed by atoms with E-state index in [2.05, 4.69) is 19.9 Å². The minimum absolute atomic E-state index is 0. The third-order valence-electron chi connectivity index (χ3n) is 11.3. The fourth-order valence-electron chi connectivity index (χ4n) is 7.95. The molecular weight excluding hydrogens is 1020 g/mol. The Morgan fingerprint density at radius 1 is 0.630 bits per heavy atom. The Morgan fingerprint density at radius 2 is 0.945 bits per heavy atom. The number of halogens is 2. The largest absolute Gasteiger partial charge is 2.00 e. The molecule has 4 aromatic rings. The summed E-state index contributed by atoms with van der Waals surface area (Å²) in [6, 6.07) is 11.5. The van der Waals surface area contributed by atoms with Gasteiger partial charge in [0.25, 0.3) is 0 Å². The fraction of sp³-hybridized carbons (Fsp3) is 0.480. The number of hydrogen-bond donors (Lipinski definition) is 0. The van der Waals surface area contributed by atoms with Crippen molar-refractivity contribution in [2.24, 2.45) is 0 Å². The van der Waals surface area contributed by atoms with E-state index in [0.29, 0.717) is 57.9 Å². The number of carbonyl (C=O) groups is 2. The number of benzene rings is 2. The quantitative estimate of drug-likeness (QED) is 0.128. The molecule has 0 spiro atoms. The van der Waals surface area contributed by atoms with Gasteiger partial charge in [0, 0.05) is 74.0 Å². The molecule has 0 N–H and O–H groups in total. The minimum Gasteiger partial charge on any atom is -0.550 e. The van der Waals surface area contributed by atoms with Crippen LogP contribution in [0.3, 0.4) is 0 Å². The molecule has 392 valence electrons. The van der Waals surface area contributed by atoms with Crippen LogP contribution in [0.25, 0.3) is 34.7 Å². The third kappa shape index (κ3) is 17.3. The van der Waals surface area contributed by atoms with Crippen molar-refractivity contribution < 1.29 is 64.4 Å². The van der Waals surface area contributed by atoms with Gasteiger partial charge in [0.2, 0.25) is 31.9 Å². The number of nitrogens with zero attached hydrogens (tertiary/aromatic N) is 6. The number of carbonyl (C=O) groups excluding carboxylic acids is 2. The standard InChI is InChI=1S/2C25H32FN3O6S.Ca/c2*1-15(2)22-20(12-11-18-13-19(14-21(30)31)35-25(3,4)34-18)23(16-7-9-17(26)10-8-16)28-24(27-22)29(5)36(6,32)33;/h2*7-12,15,18-19H,13-14H2,1-6H3,(H,30,31);/q;;+2/p-2/b2*12-11+;/t2*18-,19-;/m11./s1. The first-order valence-corrected chi connectivity index (χ1v) is 26.7. The number of carboxylic acid groups (broad SMARTS) is 2. The summed E-state index contributed by atoms with van der Waals surface area (Å²) in [6.07, 6.45) is 7.20. The number of sulfonamides is 2. The van der Waals surface area contributed by atoms with E-state index < -0.39 is 79.6 Å². The van der Waals surface area contributed by atoms with Crippen molar-refractivity contribution in [3.05, 3.63) is 94.8 Å². The monoisotopic (exact) mass is 1080 g/mol. The average molecular weight is 1080 g/mol. The van der Waals surface area contributed by atoms with Crippen LogP contribution < -0.4 is 18.8 Å². The molecule has 2 saturated heterocycles. The van der Waals surface area contributed by atoms with E-state index in [1.54, 1.807) is 76.3 Å². The Balaban J connectivity index is 0.000000312. The minimum atomic E-state index is -3.63. The van der Waals surface area contributed by atoms with Gasteiger partial charge < -0.3 is 38.7 Å². The topological polar surface area (TPSA) is 244 Å². The first-order valence-electron chi connectivity index (χ1n) is 23.0. The Bertz CT molecular complexity index is 2690. The van der Waals surface area contributed by atoms with Crippen LogP contribution in [0.5, 0.6) is 0 Å². The van der Waals surface area contributed by atoms with Crippen LogP contribution >= 0.6 is 0 Å². The Kier molecular flexibility index (Phi) is 20.8. The number of aliphatic carboxylic acids is 2. The molecule has 0 bridgehead atoms. The van der Waals surface area contributed by atoms with Crippen molar-refractivity contribution in [1.82, 2.24) is 19.9 Å². The van der Waals surface area contributed by atoms with Crippen molar-refractivity contribution in [2.45, 2.75) is 129 Å². The summed E-state index contributed by atoms with van der Waals surface area (Å²) in [6.45, 7) is 14.5. The summed E-state index contributed by atoms with van der Waals surface area (Å²) in [7, 11) is -4.53. The van der Waals surface area contributed by atoms with Gasteiger partial charge in [-0.05, 0) is 88.1 Å². The van der Waals surface area contributed by atoms with Gasteiger partial charge in [-0.1, -0.05) is 52.0 Å². The summed E-state index contributed by atoms with van der Waals surface area (Å²) >= 11 is 0. The first-order chi connectivity index (χ1) is 33.3. The van der Waals surface area contributed by atoms with E-state index in [0.717, 1.165) is 21.1 Å². The SMILES string of the molecule is CC(C)c1nc(N(C)S(C)(=O)=O)nc(-c2ccc(F)cc2)c1/C=C/[C@@H]1C[C@H](CC(=O)[O-])OC(C)(C)O1.CC(C)c1nc(N(C)S(C)(=O)=O)nc(-c2ccc(F)cc2)c1/C=C/[C@@H]1C[C@H](CC(=O)[O-])OC(C)(C)O1.[Ca+2]. The van der Waals surface area contributed by atoms with Gasteiger partial charge in [0.05, 0.1) is 59.7 Å². The number of anilines is 2. The summed E-state index contributed by atoms with van der Waals surface area (Å²) in [4.78, 5) is 40.4. The average Bonchev–Trinajstić information content (AvgIpc) is 3.25. The molecule has 0 saturated carbocycles. The zero-order chi connectivity index (χ0) is 53.7. The van der Waals surface area contributed by atoms with Gasteiger partial charge in [-0.15, -0.1) is 0 Å². The van der Waals surface area contributed by atoms with Crippen LogP contribution in [0.2, 0.25) is 0 Å². The Labute approximate surface area is 456 Å². The fourth-order valence-corrected chi connectivity index (χ4v) is 8.71. The molecule has 0 amide bonds. The van der Waals surface area contributed by atoms with E-state index in [4.69, 9.17) is 18.9 Å². The molecule has 4 atom stereocenters. The third-order valence-corrected chi connectivity index (χ3v) is 13.6. The number of carboxylic acids is 2. The van der Waals surface area contributed by atoms with Crippen molar-refractivity contribution in [1.29, 1.82) is 0 Å². The van der Waals surface area contributed by atoms with Gasteiger partial charge in [-0.3, -0.25) is 0 Å². The van der Waals surface area contributed by atoms with E-state index in [1.807, 2.05) is 27.7 Å². The smallest absolute Gasteiger partial charge is 0.550 e. The van der Waals surface area contributed by atoms with Crippen molar-refractivity contribution >= 4 is 93.8 Å². The summed E-state index contributed by atoms with van der Waals surface area (Å²) in [5.74, 6) is -5.50. The molecule has 0 radical (unpaired) electrons. The maximum Gasteiger partial charge on any atom is 2.00 e. The molecule has 2 aliphatic heterocycles. The maximum absolute atomic E-state index is 13.7. The van der Waals surface area contributed by atoms with Crippen LogP contribution in [0.1, 0.15) is 115 Å². The predicted molar refractivity (Wildman–Crippen MR) is 269 cm³/mol. The second kappa shape index (κ2) is 24.9. The molecular formula is C50H62CaF2N6O12S2. The van der Waals surface area contributed by atoms with E-state index in [9.17, 15) is 45.4 Å². The molecule has 73 heavy (non-hydrogen) atoms. The molecule has 18 nitrogen and oxygen atoms in total. The zero-order valence-corrected chi connectivity index (χ0v) is 46.9. The first kappa shape index (κ1) is 61.0. The van der Waals surface area contributed by atoms with Crippen LogP contribution in [0, 0.1) is 11.6 Å². The van der Waals surface area contributed by atoms with Crippen LogP contribution in [-0.4, -0.2) is 149 Å². The Hall–Kier alpha value is -4.52. The maximum atomic E-state index is 13.7. The molecule has 2 aromatic heterocycles. The number of rotatable bonds is 16. The Morgan fingerprint density at radius 3 is 1.22 bits per heavy atom. The molecule has 0 unspecified atom stereocenters. The van der Waals surface area contributed by atoms with E-state index >= 15 is 0 Å². The number of ether oxygens (including phenoxy) is 4. The molecule has 23 heteroatoms. The summed E-state index contributed by atoms with van der Waals surface area (Å²) < 4.78 is 101. The number of hydrogen-bond acceptors (Lipinski definition) is 16. The predicted octanol–water partition coefficient (Wildman–Crippen LogP) is 5.35. The number of aromatic nitrogens is 4. The molecule has 6 rings (SSSR count). The molecule has 2 aliphatic rings. The van der Waals surface area contributed by atoms with Crippen LogP contribution in [-0.2, 0) is 48.6 Å². The normalized spacial score (nSPS) is 19.8. The van der Waals surface area contributed by atoms with Gasteiger partial charge in [-0.25, -0.2) is 54.2 Å². The molecule has 2 fully saturated rings. The van der Waals surface area contributed by atoms with E-state index in [1.165, 1.54) is 38.4 Å². The zero-order valence-electron chi connectivity index (χ0n) is 43.1. The molecule has 4 heterocycles. The van der Waals surface area contributed by atoms with Crippen molar-refractivity contribution in [3.63, 3.8) is 0 Å². The summed E-state index contributed by atoms with van der Waals surface area (Å²) in [5.41, 5.74) is 4.41. The molecule has 0 aliphatic carbocycles. The van der Waals surface area contributed by atoms with Gasteiger partial charge in [0.1, 0.15) is 11.6 Å². The second-order valence-corrected chi connectivity index (χ2v) is 23.1. The molecule has 2 aromatic carbocycles. The van der Waals surface area contributed by atoms with Crippen molar-refractivity contribution in [2.75, 3.05) is 35.2 Å². The van der Waals surface area contributed by atoms with Gasteiger partial charge in [-0.2, -0.15) is 0 Å².